The van der Waals surface area contributed by atoms with Crippen molar-refractivity contribution in [3.05, 3.63) is 33.7 Å². The van der Waals surface area contributed by atoms with Crippen molar-refractivity contribution in [2.45, 2.75) is 32.7 Å². The summed E-state index contributed by atoms with van der Waals surface area (Å²) in [6, 6.07) is 2.79. The molecular formula is C12H18N2O3. The number of aliphatic hydroxyl groups excluding tert-OH is 1. The number of rotatable bonds is 5. The van der Waals surface area contributed by atoms with E-state index in [-0.39, 0.29) is 24.1 Å². The number of aliphatic hydroxyl groups is 1. The van der Waals surface area contributed by atoms with Crippen molar-refractivity contribution >= 4 is 5.91 Å². The molecule has 1 atom stereocenters. The van der Waals surface area contributed by atoms with E-state index in [0.717, 1.165) is 6.42 Å². The molecule has 0 fully saturated rings. The van der Waals surface area contributed by atoms with Crippen molar-refractivity contribution in [3.63, 3.8) is 0 Å². The van der Waals surface area contributed by atoms with Gasteiger partial charge in [-0.1, -0.05) is 6.92 Å². The van der Waals surface area contributed by atoms with Gasteiger partial charge in [-0.3, -0.25) is 9.59 Å². The number of aromatic nitrogens is 1. The number of hydrogen-bond donors (Lipinski definition) is 3. The summed E-state index contributed by atoms with van der Waals surface area (Å²) >= 11 is 0. The standard InChI is InChI=1S/C12H18N2O3/c1-3-9(6-7-15)14-12(17)10-4-5-11(16)13-8(10)2/h4-5,9,15H,3,6-7H2,1-2H3,(H,13,16)(H,14,17). The van der Waals surface area contributed by atoms with E-state index in [1.165, 1.54) is 12.1 Å². The minimum atomic E-state index is -0.223. The number of carbonyl (C=O) groups excluding carboxylic acids is 1. The lowest BCUT2D eigenvalue weighted by atomic mass is 10.1. The van der Waals surface area contributed by atoms with Crippen LogP contribution in [0.4, 0.5) is 0 Å². The van der Waals surface area contributed by atoms with Crippen LogP contribution in [0, 0.1) is 6.92 Å². The first-order chi connectivity index (χ1) is 8.08. The predicted octanol–water partition coefficient (Wildman–Crippen LogP) is 0.574. The molecule has 1 heterocycles. The summed E-state index contributed by atoms with van der Waals surface area (Å²) in [6.45, 7) is 3.67. The lowest BCUT2D eigenvalue weighted by molar-refractivity contribution is 0.0928. The number of amides is 1. The third-order valence-electron chi connectivity index (χ3n) is 2.67. The summed E-state index contributed by atoms with van der Waals surface area (Å²) in [5.74, 6) is -0.223. The maximum Gasteiger partial charge on any atom is 0.253 e. The van der Waals surface area contributed by atoms with Crippen molar-refractivity contribution in [2.24, 2.45) is 0 Å². The first-order valence-electron chi connectivity index (χ1n) is 5.70. The van der Waals surface area contributed by atoms with Crippen molar-refractivity contribution in [1.82, 2.24) is 10.3 Å². The number of aryl methyl sites for hydroxylation is 1. The molecule has 0 spiro atoms. The van der Waals surface area contributed by atoms with E-state index in [1.807, 2.05) is 6.92 Å². The van der Waals surface area contributed by atoms with Gasteiger partial charge in [-0.05, 0) is 25.8 Å². The highest BCUT2D eigenvalue weighted by Gasteiger charge is 2.13. The Labute approximate surface area is 99.9 Å². The Hall–Kier alpha value is -1.62. The Morgan fingerprint density at radius 2 is 2.24 bits per heavy atom. The minimum Gasteiger partial charge on any atom is -0.396 e. The maximum atomic E-state index is 11.9. The lowest BCUT2D eigenvalue weighted by Gasteiger charge is -2.16. The molecule has 1 rings (SSSR count). The quantitative estimate of drug-likeness (QED) is 0.701. The molecule has 0 aliphatic carbocycles. The molecule has 94 valence electrons. The molecule has 0 aliphatic rings. The van der Waals surface area contributed by atoms with Crippen LogP contribution in [-0.4, -0.2) is 28.6 Å². The number of H-pyrrole nitrogens is 1. The molecule has 1 amide bonds. The van der Waals surface area contributed by atoms with Crippen LogP contribution in [-0.2, 0) is 0 Å². The average Bonchev–Trinajstić information content (AvgIpc) is 2.28. The molecule has 0 aromatic carbocycles. The van der Waals surface area contributed by atoms with Crippen molar-refractivity contribution in [1.29, 1.82) is 0 Å². The zero-order chi connectivity index (χ0) is 12.8. The highest BCUT2D eigenvalue weighted by molar-refractivity contribution is 5.95. The fraction of sp³-hybridized carbons (Fsp3) is 0.500. The van der Waals surface area contributed by atoms with Gasteiger partial charge in [0.05, 0.1) is 5.56 Å². The monoisotopic (exact) mass is 238 g/mol. The Morgan fingerprint density at radius 3 is 2.76 bits per heavy atom. The molecular weight excluding hydrogens is 220 g/mol. The fourth-order valence-corrected chi connectivity index (χ4v) is 1.62. The molecule has 0 saturated heterocycles. The van der Waals surface area contributed by atoms with E-state index in [1.54, 1.807) is 6.92 Å². The van der Waals surface area contributed by atoms with Crippen molar-refractivity contribution < 1.29 is 9.90 Å². The van der Waals surface area contributed by atoms with E-state index in [0.29, 0.717) is 17.7 Å². The maximum absolute atomic E-state index is 11.9. The van der Waals surface area contributed by atoms with E-state index in [2.05, 4.69) is 10.3 Å². The van der Waals surface area contributed by atoms with E-state index in [9.17, 15) is 9.59 Å². The van der Waals surface area contributed by atoms with E-state index < -0.39 is 0 Å². The summed E-state index contributed by atoms with van der Waals surface area (Å²) in [5, 5.41) is 11.7. The normalized spacial score (nSPS) is 12.2. The fourth-order valence-electron chi connectivity index (χ4n) is 1.62. The van der Waals surface area contributed by atoms with Gasteiger partial charge >= 0.3 is 0 Å². The molecule has 1 unspecified atom stereocenters. The summed E-state index contributed by atoms with van der Waals surface area (Å²) in [5.41, 5.74) is 0.788. The van der Waals surface area contributed by atoms with Gasteiger partial charge in [0, 0.05) is 24.4 Å². The van der Waals surface area contributed by atoms with Crippen molar-refractivity contribution in [3.8, 4) is 0 Å². The summed E-state index contributed by atoms with van der Waals surface area (Å²) in [6.07, 6.45) is 1.29. The number of nitrogens with one attached hydrogen (secondary N) is 2. The first kappa shape index (κ1) is 13.4. The predicted molar refractivity (Wildman–Crippen MR) is 65.0 cm³/mol. The van der Waals surface area contributed by atoms with Crippen LogP contribution in [0.2, 0.25) is 0 Å². The van der Waals surface area contributed by atoms with E-state index in [4.69, 9.17) is 5.11 Å². The Morgan fingerprint density at radius 1 is 1.53 bits per heavy atom. The second-order valence-electron chi connectivity index (χ2n) is 3.95. The third-order valence-corrected chi connectivity index (χ3v) is 2.67. The van der Waals surface area contributed by atoms with Crippen LogP contribution >= 0.6 is 0 Å². The van der Waals surface area contributed by atoms with Crippen LogP contribution in [0.15, 0.2) is 16.9 Å². The van der Waals surface area contributed by atoms with Gasteiger partial charge in [0.2, 0.25) is 5.56 Å². The van der Waals surface area contributed by atoms with Gasteiger partial charge in [-0.15, -0.1) is 0 Å². The second kappa shape index (κ2) is 6.20. The van der Waals surface area contributed by atoms with Crippen molar-refractivity contribution in [2.75, 3.05) is 6.61 Å². The summed E-state index contributed by atoms with van der Waals surface area (Å²) < 4.78 is 0. The largest absolute Gasteiger partial charge is 0.396 e. The van der Waals surface area contributed by atoms with Gasteiger partial charge < -0.3 is 15.4 Å². The number of hydrogen-bond acceptors (Lipinski definition) is 3. The molecule has 1 aromatic rings. The van der Waals surface area contributed by atoms with Gasteiger partial charge in [-0.25, -0.2) is 0 Å². The zero-order valence-corrected chi connectivity index (χ0v) is 10.1. The Bertz CT molecular complexity index is 440. The topological polar surface area (TPSA) is 82.2 Å². The summed E-state index contributed by atoms with van der Waals surface area (Å²) in [4.78, 5) is 25.5. The van der Waals surface area contributed by atoms with E-state index >= 15 is 0 Å². The lowest BCUT2D eigenvalue weighted by Crippen LogP contribution is -2.35. The number of pyridine rings is 1. The SMILES string of the molecule is CCC(CCO)NC(=O)c1ccc(=O)[nH]c1C. The number of carbonyl (C=O) groups is 1. The third kappa shape index (κ3) is 3.71. The zero-order valence-electron chi connectivity index (χ0n) is 10.1. The van der Waals surface area contributed by atoms with Crippen LogP contribution in [0.3, 0.4) is 0 Å². The molecule has 5 nitrogen and oxygen atoms in total. The molecule has 1 aromatic heterocycles. The highest BCUT2D eigenvalue weighted by atomic mass is 16.3. The average molecular weight is 238 g/mol. The van der Waals surface area contributed by atoms with Crippen LogP contribution in [0.5, 0.6) is 0 Å². The minimum absolute atomic E-state index is 0.0428. The molecule has 0 bridgehead atoms. The van der Waals surface area contributed by atoms with Gasteiger partial charge in [0.25, 0.3) is 5.91 Å². The second-order valence-corrected chi connectivity index (χ2v) is 3.95. The Kier molecular flexibility index (Phi) is 4.90. The van der Waals surface area contributed by atoms with Gasteiger partial charge in [-0.2, -0.15) is 0 Å². The molecule has 3 N–H and O–H groups in total. The molecule has 0 saturated carbocycles. The van der Waals surface area contributed by atoms with Crippen LogP contribution < -0.4 is 10.9 Å². The smallest absolute Gasteiger partial charge is 0.253 e. The summed E-state index contributed by atoms with van der Waals surface area (Å²) in [7, 11) is 0. The highest BCUT2D eigenvalue weighted by Crippen LogP contribution is 2.04. The Balaban J connectivity index is 2.78. The molecule has 5 heteroatoms. The van der Waals surface area contributed by atoms with Crippen LogP contribution in [0.1, 0.15) is 35.8 Å². The number of aromatic amines is 1. The molecule has 0 radical (unpaired) electrons. The molecule has 17 heavy (non-hydrogen) atoms. The van der Waals surface area contributed by atoms with Gasteiger partial charge in [0.15, 0.2) is 0 Å². The van der Waals surface area contributed by atoms with Gasteiger partial charge in [0.1, 0.15) is 0 Å². The molecule has 0 aliphatic heterocycles. The van der Waals surface area contributed by atoms with Crippen LogP contribution in [0.25, 0.3) is 0 Å². The first-order valence-corrected chi connectivity index (χ1v) is 5.70.